The third-order valence-corrected chi connectivity index (χ3v) is 3.30. The lowest BCUT2D eigenvalue weighted by Crippen LogP contribution is -2.20. The molecule has 0 unspecified atom stereocenters. The highest BCUT2D eigenvalue weighted by Crippen LogP contribution is 2.28. The molecule has 1 aliphatic rings. The Morgan fingerprint density at radius 3 is 2.80 bits per heavy atom. The molecule has 1 fully saturated rings. The molecule has 2 atom stereocenters. The van der Waals surface area contributed by atoms with Crippen molar-refractivity contribution in [3.8, 4) is 5.88 Å². The number of carboxylic acids is 1. The van der Waals surface area contributed by atoms with E-state index in [9.17, 15) is 4.79 Å². The van der Waals surface area contributed by atoms with E-state index in [0.29, 0.717) is 24.7 Å². The molecule has 0 saturated heterocycles. The van der Waals surface area contributed by atoms with Crippen LogP contribution in [0, 0.1) is 12.8 Å². The quantitative estimate of drug-likeness (QED) is 0.860. The second kappa shape index (κ2) is 6.07. The molecule has 0 bridgehead atoms. The number of nitrogens with one attached hydrogen (secondary N) is 1. The predicted octanol–water partition coefficient (Wildman–Crippen LogP) is 2.24. The lowest BCUT2D eigenvalue weighted by molar-refractivity contribution is -0.141. The van der Waals surface area contributed by atoms with Gasteiger partial charge < -0.3 is 15.2 Å². The summed E-state index contributed by atoms with van der Waals surface area (Å²) >= 11 is 0. The maximum absolute atomic E-state index is 11.0. The Kier molecular flexibility index (Phi) is 4.42. The first-order valence-corrected chi connectivity index (χ1v) is 6.95. The average molecular weight is 279 g/mol. The number of aryl methyl sites for hydroxylation is 1. The largest absolute Gasteiger partial charge is 0.481 e. The van der Waals surface area contributed by atoms with Crippen LogP contribution in [0.25, 0.3) is 0 Å². The molecule has 6 heteroatoms. The summed E-state index contributed by atoms with van der Waals surface area (Å²) in [5, 5.41) is 12.2. The van der Waals surface area contributed by atoms with Crippen LogP contribution >= 0.6 is 0 Å². The number of carboxylic acid groups (broad SMARTS) is 1. The lowest BCUT2D eigenvalue weighted by atomic mass is 10.1. The van der Waals surface area contributed by atoms with Crippen LogP contribution in [0.2, 0.25) is 0 Å². The normalized spacial score (nSPS) is 22.0. The number of ether oxygens (including phenoxy) is 1. The zero-order valence-electron chi connectivity index (χ0n) is 12.1. The van der Waals surface area contributed by atoms with Gasteiger partial charge in [0.25, 0.3) is 0 Å². The number of hydrogen-bond donors (Lipinski definition) is 2. The van der Waals surface area contributed by atoms with E-state index in [1.807, 2.05) is 20.8 Å². The van der Waals surface area contributed by atoms with Gasteiger partial charge in [0.15, 0.2) is 0 Å². The van der Waals surface area contributed by atoms with Crippen LogP contribution in [0.15, 0.2) is 6.07 Å². The first kappa shape index (κ1) is 14.6. The van der Waals surface area contributed by atoms with Gasteiger partial charge in [-0.1, -0.05) is 0 Å². The molecule has 0 aliphatic heterocycles. The van der Waals surface area contributed by atoms with E-state index in [2.05, 4.69) is 15.3 Å². The van der Waals surface area contributed by atoms with E-state index in [4.69, 9.17) is 9.84 Å². The summed E-state index contributed by atoms with van der Waals surface area (Å²) in [6.45, 7) is 5.77. The number of rotatable bonds is 5. The van der Waals surface area contributed by atoms with E-state index in [0.717, 1.165) is 12.1 Å². The van der Waals surface area contributed by atoms with Gasteiger partial charge in [0.05, 0.1) is 12.0 Å². The number of anilines is 1. The smallest absolute Gasteiger partial charge is 0.306 e. The average Bonchev–Trinajstić information content (AvgIpc) is 2.75. The minimum atomic E-state index is -0.719. The standard InChI is InChI=1S/C14H21N3O3/c1-8(2)20-12-6-9(3)15-14(17-12)16-11-5-4-10(7-11)13(18)19/h6,8,10-11H,4-5,7H2,1-3H3,(H,18,19)(H,15,16,17)/t10-,11+/m1/s1. The Morgan fingerprint density at radius 1 is 1.45 bits per heavy atom. The highest BCUT2D eigenvalue weighted by molar-refractivity contribution is 5.70. The molecule has 1 saturated carbocycles. The molecular weight excluding hydrogens is 258 g/mol. The summed E-state index contributed by atoms with van der Waals surface area (Å²) in [5.74, 6) is 0.0754. The van der Waals surface area contributed by atoms with E-state index in [-0.39, 0.29) is 18.1 Å². The first-order chi connectivity index (χ1) is 9.44. The Labute approximate surface area is 118 Å². The van der Waals surface area contributed by atoms with Gasteiger partial charge in [-0.3, -0.25) is 4.79 Å². The van der Waals surface area contributed by atoms with Crippen LogP contribution in [0.5, 0.6) is 5.88 Å². The van der Waals surface area contributed by atoms with Gasteiger partial charge in [0.2, 0.25) is 11.8 Å². The van der Waals surface area contributed by atoms with E-state index >= 15 is 0 Å². The number of nitrogens with zero attached hydrogens (tertiary/aromatic N) is 2. The van der Waals surface area contributed by atoms with Gasteiger partial charge in [-0.2, -0.15) is 4.98 Å². The third kappa shape index (κ3) is 3.82. The Hall–Kier alpha value is -1.85. The number of carbonyl (C=O) groups is 1. The van der Waals surface area contributed by atoms with Crippen molar-refractivity contribution >= 4 is 11.9 Å². The number of aromatic nitrogens is 2. The van der Waals surface area contributed by atoms with Crippen LogP contribution < -0.4 is 10.1 Å². The fraction of sp³-hybridized carbons (Fsp3) is 0.643. The fourth-order valence-corrected chi connectivity index (χ4v) is 2.43. The second-order valence-electron chi connectivity index (χ2n) is 5.53. The molecule has 1 aromatic rings. The summed E-state index contributed by atoms with van der Waals surface area (Å²) in [5.41, 5.74) is 0.825. The van der Waals surface area contributed by atoms with Crippen LogP contribution in [-0.4, -0.2) is 33.2 Å². The molecular formula is C14H21N3O3. The van der Waals surface area contributed by atoms with Crippen molar-refractivity contribution in [1.29, 1.82) is 0 Å². The molecule has 1 aliphatic carbocycles. The van der Waals surface area contributed by atoms with Gasteiger partial charge in [0.1, 0.15) is 0 Å². The SMILES string of the molecule is Cc1cc(OC(C)C)nc(N[C@H]2CC[C@@H](C(=O)O)C2)n1. The van der Waals surface area contributed by atoms with E-state index in [1.165, 1.54) is 0 Å². The Morgan fingerprint density at radius 2 is 2.20 bits per heavy atom. The summed E-state index contributed by atoms with van der Waals surface area (Å²) < 4.78 is 5.57. The highest BCUT2D eigenvalue weighted by atomic mass is 16.5. The minimum absolute atomic E-state index is 0.0556. The third-order valence-electron chi connectivity index (χ3n) is 3.30. The monoisotopic (exact) mass is 279 g/mol. The van der Waals surface area contributed by atoms with Crippen LogP contribution in [0.3, 0.4) is 0 Å². The van der Waals surface area contributed by atoms with Crippen LogP contribution in [-0.2, 0) is 4.79 Å². The van der Waals surface area contributed by atoms with Gasteiger partial charge in [-0.15, -0.1) is 0 Å². The molecule has 20 heavy (non-hydrogen) atoms. The van der Waals surface area contributed by atoms with Crippen molar-refractivity contribution in [1.82, 2.24) is 9.97 Å². The molecule has 1 aromatic heterocycles. The van der Waals surface area contributed by atoms with Crippen molar-refractivity contribution in [2.75, 3.05) is 5.32 Å². The maximum atomic E-state index is 11.0. The van der Waals surface area contributed by atoms with E-state index in [1.54, 1.807) is 6.07 Å². The molecule has 110 valence electrons. The molecule has 0 radical (unpaired) electrons. The second-order valence-corrected chi connectivity index (χ2v) is 5.53. The van der Waals surface area contributed by atoms with Crippen LogP contribution in [0.1, 0.15) is 38.8 Å². The van der Waals surface area contributed by atoms with Gasteiger partial charge in [-0.05, 0) is 40.0 Å². The van der Waals surface area contributed by atoms with Gasteiger partial charge in [-0.25, -0.2) is 4.98 Å². The first-order valence-electron chi connectivity index (χ1n) is 6.95. The number of hydrogen-bond acceptors (Lipinski definition) is 5. The fourth-order valence-electron chi connectivity index (χ4n) is 2.43. The lowest BCUT2D eigenvalue weighted by Gasteiger charge is -2.15. The molecule has 6 nitrogen and oxygen atoms in total. The van der Waals surface area contributed by atoms with Crippen molar-refractivity contribution < 1.29 is 14.6 Å². The van der Waals surface area contributed by atoms with E-state index < -0.39 is 5.97 Å². The summed E-state index contributed by atoms with van der Waals surface area (Å²) in [4.78, 5) is 19.6. The zero-order chi connectivity index (χ0) is 14.7. The molecule has 0 amide bonds. The highest BCUT2D eigenvalue weighted by Gasteiger charge is 2.30. The van der Waals surface area contributed by atoms with Crippen molar-refractivity contribution in [3.05, 3.63) is 11.8 Å². The summed E-state index contributed by atoms with van der Waals surface area (Å²) in [6.07, 6.45) is 2.20. The zero-order valence-corrected chi connectivity index (χ0v) is 12.1. The van der Waals surface area contributed by atoms with Crippen molar-refractivity contribution in [2.45, 2.75) is 52.2 Å². The maximum Gasteiger partial charge on any atom is 0.306 e. The van der Waals surface area contributed by atoms with Crippen LogP contribution in [0.4, 0.5) is 5.95 Å². The van der Waals surface area contributed by atoms with Crippen molar-refractivity contribution in [3.63, 3.8) is 0 Å². The molecule has 2 N–H and O–H groups in total. The van der Waals surface area contributed by atoms with Crippen molar-refractivity contribution in [2.24, 2.45) is 5.92 Å². The molecule has 2 rings (SSSR count). The van der Waals surface area contributed by atoms with Gasteiger partial charge >= 0.3 is 5.97 Å². The summed E-state index contributed by atoms with van der Waals surface area (Å²) in [6, 6.07) is 1.91. The Balaban J connectivity index is 2.02. The molecule has 0 spiro atoms. The predicted molar refractivity (Wildman–Crippen MR) is 74.9 cm³/mol. The van der Waals surface area contributed by atoms with Gasteiger partial charge in [0, 0.05) is 17.8 Å². The Bertz CT molecular complexity index is 491. The molecule has 0 aromatic carbocycles. The number of aliphatic carboxylic acids is 1. The summed E-state index contributed by atoms with van der Waals surface area (Å²) in [7, 11) is 0. The minimum Gasteiger partial charge on any atom is -0.481 e. The topological polar surface area (TPSA) is 84.3 Å². The molecule has 1 heterocycles.